The van der Waals surface area contributed by atoms with Crippen LogP contribution in [0.5, 0.6) is 0 Å². The van der Waals surface area contributed by atoms with E-state index < -0.39 is 10.0 Å². The summed E-state index contributed by atoms with van der Waals surface area (Å²) in [5, 5.41) is 3.34. The summed E-state index contributed by atoms with van der Waals surface area (Å²) < 4.78 is 26.1. The number of rotatable bonds is 4. The maximum Gasteiger partial charge on any atom is 0.263 e. The van der Waals surface area contributed by atoms with Gasteiger partial charge in [-0.2, -0.15) is 0 Å². The molecule has 1 saturated carbocycles. The molecule has 3 rings (SSSR count). The van der Waals surface area contributed by atoms with Crippen LogP contribution in [0.2, 0.25) is 0 Å². The fourth-order valence-electron chi connectivity index (χ4n) is 1.98. The van der Waals surface area contributed by atoms with Gasteiger partial charge >= 0.3 is 0 Å². The van der Waals surface area contributed by atoms with Crippen LogP contribution in [0.3, 0.4) is 0 Å². The van der Waals surface area contributed by atoms with Crippen molar-refractivity contribution in [1.29, 1.82) is 0 Å². The van der Waals surface area contributed by atoms with Crippen molar-refractivity contribution in [3.05, 3.63) is 29.8 Å². The predicted octanol–water partition coefficient (Wildman–Crippen LogP) is 0.477. The van der Waals surface area contributed by atoms with Gasteiger partial charge in [-0.15, -0.1) is 0 Å². The van der Waals surface area contributed by atoms with Crippen LogP contribution in [0.1, 0.15) is 18.4 Å². The lowest BCUT2D eigenvalue weighted by Crippen LogP contribution is -2.24. The van der Waals surface area contributed by atoms with Gasteiger partial charge in [-0.25, -0.2) is 8.42 Å². The Hall–Kier alpha value is -1.40. The highest BCUT2D eigenvalue weighted by Gasteiger charge is 2.29. The van der Waals surface area contributed by atoms with E-state index in [-0.39, 0.29) is 0 Å². The van der Waals surface area contributed by atoms with Crippen molar-refractivity contribution in [3.8, 4) is 0 Å². The van der Waals surface area contributed by atoms with Crippen LogP contribution in [0.15, 0.2) is 34.2 Å². The summed E-state index contributed by atoms with van der Waals surface area (Å²) in [5.74, 6) is 0.461. The highest BCUT2D eigenvalue weighted by atomic mass is 32.2. The molecule has 0 bridgehead atoms. The zero-order valence-electron chi connectivity index (χ0n) is 9.89. The summed E-state index contributed by atoms with van der Waals surface area (Å²) in [7, 11) is -3.40. The summed E-state index contributed by atoms with van der Waals surface area (Å²) >= 11 is 0. The molecule has 96 valence electrons. The molecule has 1 aromatic rings. The molecule has 1 aliphatic carbocycles. The third kappa shape index (κ3) is 2.26. The Morgan fingerprint density at radius 2 is 2.11 bits per heavy atom. The van der Waals surface area contributed by atoms with Crippen molar-refractivity contribution in [1.82, 2.24) is 10.0 Å². The standard InChI is InChI=1S/C12H15N3O2S/c16-18(17)11-4-2-1-3-10(11)12(15-18)14-8-7-13-9-5-6-9/h1-4,9,13H,5-8H2,(H,14,15). The molecule has 0 aromatic heterocycles. The average Bonchev–Trinajstić information content (AvgIpc) is 3.13. The van der Waals surface area contributed by atoms with Crippen LogP contribution in [0.4, 0.5) is 0 Å². The Labute approximate surface area is 106 Å². The number of nitrogens with one attached hydrogen (secondary N) is 2. The minimum Gasteiger partial charge on any atom is -0.312 e. The highest BCUT2D eigenvalue weighted by molar-refractivity contribution is 7.90. The first-order chi connectivity index (χ1) is 8.67. The number of aliphatic imine (C=N–C) groups is 1. The third-order valence-corrected chi connectivity index (χ3v) is 4.45. The second-order valence-corrected chi connectivity index (χ2v) is 6.21. The Bertz CT molecular complexity index is 591. The largest absolute Gasteiger partial charge is 0.312 e. The molecule has 1 aromatic carbocycles. The second-order valence-electron chi connectivity index (χ2n) is 4.56. The van der Waals surface area contributed by atoms with Gasteiger partial charge in [-0.1, -0.05) is 12.1 Å². The molecule has 0 spiro atoms. The number of amidine groups is 1. The Kier molecular flexibility index (Phi) is 2.83. The number of nitrogens with zero attached hydrogens (tertiary/aromatic N) is 1. The van der Waals surface area contributed by atoms with Crippen molar-refractivity contribution in [2.45, 2.75) is 23.8 Å². The molecule has 1 heterocycles. The molecule has 0 atom stereocenters. The zero-order chi connectivity index (χ0) is 12.6. The Morgan fingerprint density at radius 1 is 1.33 bits per heavy atom. The van der Waals surface area contributed by atoms with Gasteiger partial charge in [-0.3, -0.25) is 9.71 Å². The van der Waals surface area contributed by atoms with E-state index in [2.05, 4.69) is 15.0 Å². The molecule has 0 unspecified atom stereocenters. The van der Waals surface area contributed by atoms with Gasteiger partial charge in [0, 0.05) is 18.2 Å². The third-order valence-electron chi connectivity index (χ3n) is 3.05. The predicted molar refractivity (Wildman–Crippen MR) is 69.2 cm³/mol. The topological polar surface area (TPSA) is 70.6 Å². The molecule has 0 saturated heterocycles. The molecule has 0 radical (unpaired) electrons. The fraction of sp³-hybridized carbons (Fsp3) is 0.417. The van der Waals surface area contributed by atoms with Crippen molar-refractivity contribution in [3.63, 3.8) is 0 Å². The summed E-state index contributed by atoms with van der Waals surface area (Å²) in [6.45, 7) is 1.38. The number of hydrogen-bond donors (Lipinski definition) is 2. The summed E-state index contributed by atoms with van der Waals surface area (Å²) in [4.78, 5) is 4.64. The van der Waals surface area contributed by atoms with E-state index in [0.29, 0.717) is 28.9 Å². The fourth-order valence-corrected chi connectivity index (χ4v) is 3.23. The molecule has 1 aliphatic heterocycles. The van der Waals surface area contributed by atoms with Gasteiger partial charge in [-0.05, 0) is 25.0 Å². The van der Waals surface area contributed by atoms with Crippen LogP contribution in [0, 0.1) is 0 Å². The van der Waals surface area contributed by atoms with E-state index >= 15 is 0 Å². The van der Waals surface area contributed by atoms with Gasteiger partial charge in [0.25, 0.3) is 10.0 Å². The van der Waals surface area contributed by atoms with Crippen LogP contribution >= 0.6 is 0 Å². The van der Waals surface area contributed by atoms with E-state index in [1.165, 1.54) is 12.8 Å². The van der Waals surface area contributed by atoms with Gasteiger partial charge in [0.2, 0.25) is 0 Å². The second kappa shape index (κ2) is 4.37. The molecular formula is C12H15N3O2S. The minimum absolute atomic E-state index is 0.318. The first-order valence-electron chi connectivity index (χ1n) is 6.07. The molecule has 5 nitrogen and oxygen atoms in total. The quantitative estimate of drug-likeness (QED) is 0.778. The van der Waals surface area contributed by atoms with Gasteiger partial charge in [0.05, 0.1) is 11.4 Å². The molecular weight excluding hydrogens is 250 g/mol. The van der Waals surface area contributed by atoms with Crippen LogP contribution in [-0.4, -0.2) is 33.4 Å². The van der Waals surface area contributed by atoms with Gasteiger partial charge in [0.15, 0.2) is 0 Å². The lowest BCUT2D eigenvalue weighted by Gasteiger charge is -2.00. The maximum absolute atomic E-state index is 11.8. The monoisotopic (exact) mass is 265 g/mol. The van der Waals surface area contributed by atoms with Crippen molar-refractivity contribution in [2.24, 2.45) is 4.99 Å². The normalized spacial score (nSPS) is 22.8. The van der Waals surface area contributed by atoms with E-state index in [1.54, 1.807) is 18.2 Å². The zero-order valence-corrected chi connectivity index (χ0v) is 10.7. The van der Waals surface area contributed by atoms with Gasteiger partial charge < -0.3 is 5.32 Å². The van der Waals surface area contributed by atoms with Crippen molar-refractivity contribution >= 4 is 15.9 Å². The van der Waals surface area contributed by atoms with Crippen LogP contribution < -0.4 is 10.0 Å². The van der Waals surface area contributed by atoms with E-state index in [4.69, 9.17) is 0 Å². The highest BCUT2D eigenvalue weighted by Crippen LogP contribution is 2.22. The maximum atomic E-state index is 11.8. The molecule has 18 heavy (non-hydrogen) atoms. The number of sulfonamides is 1. The molecule has 2 aliphatic rings. The van der Waals surface area contributed by atoms with E-state index in [0.717, 1.165) is 6.54 Å². The molecule has 1 fully saturated rings. The van der Waals surface area contributed by atoms with E-state index in [1.807, 2.05) is 6.07 Å². The summed E-state index contributed by atoms with van der Waals surface area (Å²) in [6.07, 6.45) is 2.48. The SMILES string of the molecule is O=S1(=O)NC(=NCCNC2CC2)c2ccccc21. The van der Waals surface area contributed by atoms with Crippen LogP contribution in [-0.2, 0) is 10.0 Å². The molecule has 6 heteroatoms. The smallest absolute Gasteiger partial charge is 0.263 e. The van der Waals surface area contributed by atoms with Gasteiger partial charge in [0.1, 0.15) is 5.84 Å². The first-order valence-corrected chi connectivity index (χ1v) is 7.55. The number of hydrogen-bond acceptors (Lipinski definition) is 4. The lowest BCUT2D eigenvalue weighted by atomic mass is 10.2. The average molecular weight is 265 g/mol. The Balaban J connectivity index is 1.75. The molecule has 0 amide bonds. The summed E-state index contributed by atoms with van der Waals surface area (Å²) in [5.41, 5.74) is 0.670. The molecule has 2 N–H and O–H groups in total. The van der Waals surface area contributed by atoms with Crippen molar-refractivity contribution in [2.75, 3.05) is 13.1 Å². The Morgan fingerprint density at radius 3 is 2.89 bits per heavy atom. The summed E-state index contributed by atoms with van der Waals surface area (Å²) in [6, 6.07) is 7.57. The number of fused-ring (bicyclic) bond motifs is 1. The number of benzene rings is 1. The first kappa shape index (κ1) is 11.7. The van der Waals surface area contributed by atoms with E-state index in [9.17, 15) is 8.42 Å². The van der Waals surface area contributed by atoms with Crippen molar-refractivity contribution < 1.29 is 8.42 Å². The minimum atomic E-state index is -3.40. The lowest BCUT2D eigenvalue weighted by molar-refractivity contribution is 0.595. The van der Waals surface area contributed by atoms with Crippen LogP contribution in [0.25, 0.3) is 0 Å².